The Hall–Kier alpha value is 0.260. The van der Waals surface area contributed by atoms with Crippen LogP contribution in [0.5, 0.6) is 0 Å². The summed E-state index contributed by atoms with van der Waals surface area (Å²) in [5, 5.41) is 0.738. The Morgan fingerprint density at radius 3 is 2.19 bits per heavy atom. The van der Waals surface area contributed by atoms with Crippen molar-refractivity contribution >= 4 is 58.2 Å². The molecule has 0 spiro atoms. The van der Waals surface area contributed by atoms with Crippen molar-refractivity contribution in [2.24, 2.45) is 0 Å². The van der Waals surface area contributed by atoms with Crippen LogP contribution in [-0.2, 0) is 6.54 Å². The van der Waals surface area contributed by atoms with Crippen LogP contribution in [0.3, 0.4) is 0 Å². The molecule has 7 heteroatoms. The molecule has 21 heavy (non-hydrogen) atoms. The lowest BCUT2D eigenvalue weighted by atomic mass is 10.1. The van der Waals surface area contributed by atoms with E-state index in [-0.39, 0.29) is 0 Å². The molecule has 112 valence electrons. The van der Waals surface area contributed by atoms with Gasteiger partial charge in [0.25, 0.3) is 0 Å². The number of rotatable bonds is 4. The molecular weight excluding hydrogens is 386 g/mol. The molecule has 0 fully saturated rings. The molecule has 0 radical (unpaired) electrons. The van der Waals surface area contributed by atoms with Gasteiger partial charge in [-0.05, 0) is 30.2 Å². The fraction of sp³-hybridized carbons (Fsp3) is 0.143. The molecule has 0 bridgehead atoms. The summed E-state index contributed by atoms with van der Waals surface area (Å²) in [6.45, 7) is 0.190. The zero-order chi connectivity index (χ0) is 15.4. The quantitative estimate of drug-likeness (QED) is 0.469. The van der Waals surface area contributed by atoms with Crippen molar-refractivity contribution in [1.82, 2.24) is 4.90 Å². The van der Waals surface area contributed by atoms with E-state index in [0.29, 0.717) is 0 Å². The predicted octanol–water partition coefficient (Wildman–Crippen LogP) is 7.71. The first kappa shape index (κ1) is 17.6. The van der Waals surface area contributed by atoms with Gasteiger partial charge in [0.1, 0.15) is 13.3 Å². The molecule has 1 aliphatic rings. The molecule has 0 N–H and O–H groups in total. The van der Waals surface area contributed by atoms with Gasteiger partial charge in [0, 0.05) is 23.5 Å². The average molecular weight is 399 g/mol. The summed E-state index contributed by atoms with van der Waals surface area (Å²) in [5.74, 6) is 0. The third-order valence-electron chi connectivity index (χ3n) is 3.03. The largest absolute Gasteiger partial charge is 0.347 e. The summed E-state index contributed by atoms with van der Waals surface area (Å²) >= 11 is 24.1. The Bertz CT molecular complexity index is 572. The van der Waals surface area contributed by atoms with Crippen LogP contribution in [0.15, 0.2) is 65.0 Å². The Balaban J connectivity index is 2.22. The zero-order valence-corrected chi connectivity index (χ0v) is 16.0. The first-order valence-corrected chi connectivity index (χ1v) is 12.4. The third kappa shape index (κ3) is 4.87. The SMILES string of the molecule is CC1=CC(=C(P(Cl)Cl)P(Cl)Cl)C=CN1Cc1ccccc1. The molecule has 0 saturated carbocycles. The van der Waals surface area contributed by atoms with Gasteiger partial charge in [0.15, 0.2) is 0 Å². The van der Waals surface area contributed by atoms with Gasteiger partial charge in [-0.3, -0.25) is 0 Å². The van der Waals surface area contributed by atoms with Gasteiger partial charge in [-0.1, -0.05) is 75.3 Å². The van der Waals surface area contributed by atoms with Crippen molar-refractivity contribution in [1.29, 1.82) is 0 Å². The van der Waals surface area contributed by atoms with E-state index in [2.05, 4.69) is 17.0 Å². The lowest BCUT2D eigenvalue weighted by Gasteiger charge is -2.26. The van der Waals surface area contributed by atoms with E-state index in [4.69, 9.17) is 45.0 Å². The molecule has 0 aliphatic carbocycles. The molecule has 1 aliphatic heterocycles. The Morgan fingerprint density at radius 2 is 1.67 bits per heavy atom. The van der Waals surface area contributed by atoms with Crippen LogP contribution in [0.1, 0.15) is 12.5 Å². The van der Waals surface area contributed by atoms with Crippen LogP contribution < -0.4 is 0 Å². The highest BCUT2D eigenvalue weighted by Crippen LogP contribution is 2.73. The fourth-order valence-corrected chi connectivity index (χ4v) is 8.40. The van der Waals surface area contributed by atoms with E-state index in [9.17, 15) is 0 Å². The molecule has 1 nitrogen and oxygen atoms in total. The van der Waals surface area contributed by atoms with Crippen LogP contribution in [0.4, 0.5) is 0 Å². The molecule has 0 amide bonds. The van der Waals surface area contributed by atoms with Crippen LogP contribution in [-0.4, -0.2) is 4.90 Å². The van der Waals surface area contributed by atoms with E-state index in [1.54, 1.807) is 0 Å². The summed E-state index contributed by atoms with van der Waals surface area (Å²) in [5.41, 5.74) is 3.27. The molecule has 1 heterocycles. The average Bonchev–Trinajstić information content (AvgIpc) is 2.42. The summed E-state index contributed by atoms with van der Waals surface area (Å²) in [7, 11) is 0. The molecule has 0 unspecified atom stereocenters. The molecule has 1 aromatic carbocycles. The highest BCUT2D eigenvalue weighted by molar-refractivity contribution is 8.21. The number of benzene rings is 1. The Morgan fingerprint density at radius 1 is 1.05 bits per heavy atom. The summed E-state index contributed by atoms with van der Waals surface area (Å²) in [6.07, 6.45) is 6.00. The second kappa shape index (κ2) is 8.21. The number of nitrogens with zero attached hydrogens (tertiary/aromatic N) is 1. The standard InChI is InChI=1S/C14H13Cl4NP2/c1-11-9-13(14(20(15)16)21(17)18)7-8-19(11)10-12-5-3-2-4-6-12/h2-9H,10H2,1H3. The minimum atomic E-state index is -1.33. The smallest absolute Gasteiger partial charge is 0.120 e. The number of halogens is 4. The molecule has 0 aromatic heterocycles. The first-order chi connectivity index (χ1) is 9.99. The van der Waals surface area contributed by atoms with Crippen LogP contribution in [0.2, 0.25) is 0 Å². The minimum Gasteiger partial charge on any atom is -0.347 e. The van der Waals surface area contributed by atoms with Gasteiger partial charge in [0.2, 0.25) is 0 Å². The maximum Gasteiger partial charge on any atom is 0.120 e. The van der Waals surface area contributed by atoms with Gasteiger partial charge >= 0.3 is 0 Å². The van der Waals surface area contributed by atoms with Crippen molar-refractivity contribution < 1.29 is 0 Å². The van der Waals surface area contributed by atoms with Gasteiger partial charge < -0.3 is 4.90 Å². The molecule has 0 saturated heterocycles. The molecular formula is C14H13Cl4NP2. The Kier molecular flexibility index (Phi) is 6.88. The lowest BCUT2D eigenvalue weighted by Crippen LogP contribution is -2.16. The second-order valence-corrected chi connectivity index (χ2v) is 11.7. The second-order valence-electron chi connectivity index (χ2n) is 4.46. The third-order valence-corrected chi connectivity index (χ3v) is 8.83. The lowest BCUT2D eigenvalue weighted by molar-refractivity contribution is 0.455. The fourth-order valence-electron chi connectivity index (χ4n) is 1.99. The normalized spacial score (nSPS) is 14.9. The van der Waals surface area contributed by atoms with Crippen LogP contribution in [0, 0.1) is 0 Å². The summed E-state index contributed by atoms with van der Waals surface area (Å²) in [6, 6.07) is 10.3. The van der Waals surface area contributed by atoms with Gasteiger partial charge in [-0.2, -0.15) is 0 Å². The predicted molar refractivity (Wildman–Crippen MR) is 99.2 cm³/mol. The van der Waals surface area contributed by atoms with Gasteiger partial charge in [-0.25, -0.2) is 0 Å². The highest BCUT2D eigenvalue weighted by Gasteiger charge is 2.21. The van der Waals surface area contributed by atoms with Crippen molar-refractivity contribution in [2.45, 2.75) is 13.5 Å². The van der Waals surface area contributed by atoms with E-state index < -0.39 is 13.3 Å². The van der Waals surface area contributed by atoms with Crippen molar-refractivity contribution in [3.05, 3.63) is 70.6 Å². The zero-order valence-electron chi connectivity index (χ0n) is 11.2. The van der Waals surface area contributed by atoms with Crippen molar-refractivity contribution in [3.63, 3.8) is 0 Å². The minimum absolute atomic E-state index is 0.738. The molecule has 0 atom stereocenters. The van der Waals surface area contributed by atoms with E-state index in [1.165, 1.54) is 5.56 Å². The monoisotopic (exact) mass is 397 g/mol. The highest BCUT2D eigenvalue weighted by atomic mass is 35.9. The maximum atomic E-state index is 6.03. The topological polar surface area (TPSA) is 3.24 Å². The number of hydrogen-bond acceptors (Lipinski definition) is 1. The number of allylic oxidation sites excluding steroid dienone is 4. The van der Waals surface area contributed by atoms with Crippen LogP contribution >= 0.6 is 58.2 Å². The van der Waals surface area contributed by atoms with Crippen molar-refractivity contribution in [3.8, 4) is 0 Å². The van der Waals surface area contributed by atoms with Gasteiger partial charge in [-0.15, -0.1) is 0 Å². The molecule has 2 rings (SSSR count). The van der Waals surface area contributed by atoms with E-state index in [0.717, 1.165) is 22.9 Å². The number of hydrogen-bond donors (Lipinski definition) is 0. The Labute approximate surface area is 146 Å². The van der Waals surface area contributed by atoms with Crippen molar-refractivity contribution in [2.75, 3.05) is 0 Å². The van der Waals surface area contributed by atoms with E-state index >= 15 is 0 Å². The van der Waals surface area contributed by atoms with Crippen LogP contribution in [0.25, 0.3) is 0 Å². The summed E-state index contributed by atoms with van der Waals surface area (Å²) in [4.78, 5) is 2.16. The maximum absolute atomic E-state index is 6.03. The molecule has 1 aromatic rings. The first-order valence-electron chi connectivity index (χ1n) is 6.13. The van der Waals surface area contributed by atoms with E-state index in [1.807, 2.05) is 43.5 Å². The van der Waals surface area contributed by atoms with Gasteiger partial charge in [0.05, 0.1) is 0 Å². The summed E-state index contributed by atoms with van der Waals surface area (Å²) < 4.78 is 0.